The molecular formula is C27H32FN3O3. The minimum Gasteiger partial charge on any atom is -0.490 e. The molecule has 1 aliphatic heterocycles. The molecule has 1 aliphatic rings. The molecule has 0 fully saturated rings. The van der Waals surface area contributed by atoms with Crippen molar-refractivity contribution in [2.45, 2.75) is 59.4 Å². The quantitative estimate of drug-likeness (QED) is 0.542. The van der Waals surface area contributed by atoms with Crippen molar-refractivity contribution < 1.29 is 18.7 Å². The normalized spacial score (nSPS) is 14.6. The number of Topliss-reactive ketones (excluding diaryl/α,β-unsaturated/α-hetero) is 1. The molecule has 1 N–H and O–H groups in total. The lowest BCUT2D eigenvalue weighted by Crippen LogP contribution is -2.42. The van der Waals surface area contributed by atoms with Crippen LogP contribution in [0.25, 0.3) is 0 Å². The van der Waals surface area contributed by atoms with Crippen LogP contribution in [-0.2, 0) is 11.0 Å². The topological polar surface area (TPSA) is 86.4 Å². The molecule has 0 aromatic heterocycles. The van der Waals surface area contributed by atoms with Gasteiger partial charge >= 0.3 is 0 Å². The van der Waals surface area contributed by atoms with E-state index in [1.807, 2.05) is 34.6 Å². The zero-order valence-electron chi connectivity index (χ0n) is 20.9. The van der Waals surface area contributed by atoms with E-state index in [0.717, 1.165) is 5.56 Å². The Labute approximate surface area is 200 Å². The predicted molar refractivity (Wildman–Crippen MR) is 129 cm³/mol. The number of hydrogen-bond acceptors (Lipinski definition) is 5. The molecule has 180 valence electrons. The number of nitriles is 1. The Hall–Kier alpha value is -3.40. The average Bonchev–Trinajstić information content (AvgIpc) is 2.95. The van der Waals surface area contributed by atoms with Crippen molar-refractivity contribution in [3.63, 3.8) is 0 Å². The van der Waals surface area contributed by atoms with E-state index in [2.05, 4.69) is 6.07 Å². The van der Waals surface area contributed by atoms with E-state index in [0.29, 0.717) is 23.3 Å². The highest BCUT2D eigenvalue weighted by Crippen LogP contribution is 2.46. The van der Waals surface area contributed by atoms with Crippen LogP contribution in [0.1, 0.15) is 81.1 Å². The molecule has 0 amide bonds. The molecule has 34 heavy (non-hydrogen) atoms. The second-order valence-corrected chi connectivity index (χ2v) is 9.88. The number of ether oxygens (including phenoxy) is 2. The molecule has 0 spiro atoms. The molecule has 0 saturated carbocycles. The van der Waals surface area contributed by atoms with Crippen LogP contribution in [0.3, 0.4) is 0 Å². The first-order valence-electron chi connectivity index (χ1n) is 11.4. The molecular weight excluding hydrogens is 433 g/mol. The summed E-state index contributed by atoms with van der Waals surface area (Å²) in [6.07, 6.45) is 0. The summed E-state index contributed by atoms with van der Waals surface area (Å²) in [6, 6.07) is 8.98. The molecule has 7 heteroatoms. The molecule has 2 aromatic carbocycles. The van der Waals surface area contributed by atoms with Crippen molar-refractivity contribution in [1.29, 1.82) is 10.7 Å². The first-order chi connectivity index (χ1) is 15.9. The van der Waals surface area contributed by atoms with Gasteiger partial charge in [0.1, 0.15) is 5.84 Å². The van der Waals surface area contributed by atoms with Gasteiger partial charge in [-0.2, -0.15) is 5.26 Å². The number of nitrogens with one attached hydrogen (secondary N) is 1. The summed E-state index contributed by atoms with van der Waals surface area (Å²) in [6.45, 7) is 13.8. The number of carbonyl (C=O) groups excluding carboxylic acids is 1. The van der Waals surface area contributed by atoms with Crippen LogP contribution in [0.15, 0.2) is 24.3 Å². The molecule has 0 bridgehead atoms. The lowest BCUT2D eigenvalue weighted by molar-refractivity contribution is 0.0920. The average molecular weight is 466 g/mol. The predicted octanol–water partition coefficient (Wildman–Crippen LogP) is 5.55. The van der Waals surface area contributed by atoms with E-state index in [9.17, 15) is 10.1 Å². The van der Waals surface area contributed by atoms with Gasteiger partial charge in [0.2, 0.25) is 0 Å². The van der Waals surface area contributed by atoms with Crippen molar-refractivity contribution >= 4 is 11.6 Å². The summed E-state index contributed by atoms with van der Waals surface area (Å²) in [4.78, 5) is 15.0. The van der Waals surface area contributed by atoms with Crippen molar-refractivity contribution in [2.24, 2.45) is 0 Å². The number of hydrogen-bond donors (Lipinski definition) is 1. The van der Waals surface area contributed by atoms with E-state index < -0.39 is 11.4 Å². The highest BCUT2D eigenvalue weighted by molar-refractivity contribution is 6.07. The third-order valence-electron chi connectivity index (χ3n) is 6.17. The van der Waals surface area contributed by atoms with E-state index in [1.165, 1.54) is 0 Å². The summed E-state index contributed by atoms with van der Waals surface area (Å²) >= 11 is 0. The third-order valence-corrected chi connectivity index (χ3v) is 6.17. The standard InChI is InChI=1S/C27H32FN3O3/c1-8-33-21-13-19-22(23(28)24(21)34-9-2)25(30)31(27(19,6)7)15-20(32)17-10-16(14-29)11-18(12-17)26(3,4)5/h10-13,30H,8-9,15H2,1-7H3. The van der Waals surface area contributed by atoms with Crippen molar-refractivity contribution in [1.82, 2.24) is 4.90 Å². The zero-order valence-corrected chi connectivity index (χ0v) is 20.9. The monoisotopic (exact) mass is 465 g/mol. The fourth-order valence-corrected chi connectivity index (χ4v) is 4.22. The van der Waals surface area contributed by atoms with Crippen LogP contribution in [0, 0.1) is 22.6 Å². The second-order valence-electron chi connectivity index (χ2n) is 9.88. The van der Waals surface area contributed by atoms with Gasteiger partial charge in [-0.15, -0.1) is 0 Å². The molecule has 0 aliphatic carbocycles. The summed E-state index contributed by atoms with van der Waals surface area (Å²) in [5.41, 5.74) is 1.29. The van der Waals surface area contributed by atoms with Gasteiger partial charge in [0.15, 0.2) is 23.1 Å². The number of fused-ring (bicyclic) bond motifs is 1. The molecule has 0 saturated heterocycles. The molecule has 0 unspecified atom stereocenters. The summed E-state index contributed by atoms with van der Waals surface area (Å²) in [5.74, 6) is -0.720. The molecule has 3 rings (SSSR count). The van der Waals surface area contributed by atoms with Gasteiger partial charge < -0.3 is 14.4 Å². The van der Waals surface area contributed by atoms with E-state index in [1.54, 1.807) is 43.0 Å². The lowest BCUT2D eigenvalue weighted by Gasteiger charge is -2.33. The van der Waals surface area contributed by atoms with Gasteiger partial charge in [-0.05, 0) is 68.5 Å². The first-order valence-corrected chi connectivity index (χ1v) is 11.4. The number of halogens is 1. The maximum absolute atomic E-state index is 15.6. The fraction of sp³-hybridized carbons (Fsp3) is 0.444. The van der Waals surface area contributed by atoms with E-state index >= 15 is 4.39 Å². The van der Waals surface area contributed by atoms with Crippen LogP contribution in [0.4, 0.5) is 4.39 Å². The van der Waals surface area contributed by atoms with Crippen molar-refractivity contribution in [3.8, 4) is 17.6 Å². The summed E-state index contributed by atoms with van der Waals surface area (Å²) in [5, 5.41) is 18.2. The Morgan fingerprint density at radius 2 is 1.79 bits per heavy atom. The SMILES string of the molecule is CCOc1cc2c(c(F)c1OCC)C(=N)N(CC(=O)c1cc(C#N)cc(C(C)(C)C)c1)C2(C)C. The Balaban J connectivity index is 2.04. The van der Waals surface area contributed by atoms with Crippen LogP contribution in [-0.4, -0.2) is 36.3 Å². The zero-order chi connectivity index (χ0) is 25.4. The number of amidine groups is 1. The molecule has 6 nitrogen and oxygen atoms in total. The van der Waals surface area contributed by atoms with Crippen LogP contribution in [0.2, 0.25) is 0 Å². The Kier molecular flexibility index (Phi) is 6.75. The highest BCUT2D eigenvalue weighted by Gasteiger charge is 2.45. The Morgan fingerprint density at radius 1 is 1.15 bits per heavy atom. The second kappa shape index (κ2) is 9.09. The van der Waals surface area contributed by atoms with Gasteiger partial charge in [-0.1, -0.05) is 20.8 Å². The van der Waals surface area contributed by atoms with Gasteiger partial charge in [0, 0.05) is 5.56 Å². The number of ketones is 1. The number of rotatable bonds is 7. The first kappa shape index (κ1) is 25.2. The van der Waals surface area contributed by atoms with E-state index in [-0.39, 0.29) is 47.2 Å². The number of carbonyl (C=O) groups is 1. The van der Waals surface area contributed by atoms with Crippen molar-refractivity contribution in [2.75, 3.05) is 19.8 Å². The third kappa shape index (κ3) is 4.37. The minimum absolute atomic E-state index is 0.0200. The summed E-state index contributed by atoms with van der Waals surface area (Å²) < 4.78 is 26.7. The molecule has 0 radical (unpaired) electrons. The van der Waals surface area contributed by atoms with Gasteiger partial charge in [0.05, 0.1) is 42.5 Å². The lowest BCUT2D eigenvalue weighted by atomic mass is 9.84. The molecule has 2 aromatic rings. The van der Waals surface area contributed by atoms with Crippen LogP contribution in [0.5, 0.6) is 11.5 Å². The molecule has 1 heterocycles. The van der Waals surface area contributed by atoms with Gasteiger partial charge in [0.25, 0.3) is 0 Å². The minimum atomic E-state index is -0.834. The highest BCUT2D eigenvalue weighted by atomic mass is 19.1. The number of nitrogens with zero attached hydrogens (tertiary/aromatic N) is 2. The maximum Gasteiger partial charge on any atom is 0.197 e. The number of benzene rings is 2. The van der Waals surface area contributed by atoms with Gasteiger partial charge in [-0.3, -0.25) is 10.2 Å². The van der Waals surface area contributed by atoms with Crippen molar-refractivity contribution in [3.05, 3.63) is 57.9 Å². The summed E-state index contributed by atoms with van der Waals surface area (Å²) in [7, 11) is 0. The van der Waals surface area contributed by atoms with Crippen LogP contribution < -0.4 is 9.47 Å². The van der Waals surface area contributed by atoms with E-state index in [4.69, 9.17) is 14.9 Å². The van der Waals surface area contributed by atoms with Gasteiger partial charge in [-0.25, -0.2) is 4.39 Å². The Morgan fingerprint density at radius 3 is 2.35 bits per heavy atom. The fourth-order valence-electron chi connectivity index (χ4n) is 4.22. The smallest absolute Gasteiger partial charge is 0.197 e. The largest absolute Gasteiger partial charge is 0.490 e. The molecule has 0 atom stereocenters. The Bertz CT molecular complexity index is 1190. The van der Waals surface area contributed by atoms with Crippen LogP contribution >= 0.6 is 0 Å². The maximum atomic E-state index is 15.6.